The van der Waals surface area contributed by atoms with Gasteiger partial charge in [0.05, 0.1) is 12.8 Å². The Morgan fingerprint density at radius 1 is 1.56 bits per heavy atom. The van der Waals surface area contributed by atoms with Crippen molar-refractivity contribution in [1.29, 1.82) is 0 Å². The molecule has 0 aliphatic carbocycles. The van der Waals surface area contributed by atoms with Gasteiger partial charge in [0.15, 0.2) is 0 Å². The van der Waals surface area contributed by atoms with Crippen molar-refractivity contribution in [3.05, 3.63) is 22.7 Å². The van der Waals surface area contributed by atoms with Crippen molar-refractivity contribution in [2.24, 2.45) is 0 Å². The van der Waals surface area contributed by atoms with Crippen LogP contribution in [0.2, 0.25) is 0 Å². The summed E-state index contributed by atoms with van der Waals surface area (Å²) in [6.45, 7) is 2.57. The summed E-state index contributed by atoms with van der Waals surface area (Å²) in [5, 5.41) is 2.78. The standard InChI is InChI=1S/C11H15BrN2O2/c1-4-14(2)11(15)13-9-7-8(12)5-6-10(9)16-3/h5-7H,4H2,1-3H3,(H,13,15). The second-order valence-electron chi connectivity index (χ2n) is 3.29. The Balaban J connectivity index is 2.87. The quantitative estimate of drug-likeness (QED) is 0.928. The summed E-state index contributed by atoms with van der Waals surface area (Å²) in [5.74, 6) is 0.640. The summed E-state index contributed by atoms with van der Waals surface area (Å²) in [6.07, 6.45) is 0. The van der Waals surface area contributed by atoms with E-state index in [9.17, 15) is 4.79 Å². The Labute approximate surface area is 104 Å². The van der Waals surface area contributed by atoms with E-state index >= 15 is 0 Å². The molecule has 2 amide bonds. The average molecular weight is 287 g/mol. The van der Waals surface area contributed by atoms with E-state index < -0.39 is 0 Å². The molecule has 0 saturated carbocycles. The number of halogens is 1. The van der Waals surface area contributed by atoms with Crippen LogP contribution >= 0.6 is 15.9 Å². The SMILES string of the molecule is CCN(C)C(=O)Nc1cc(Br)ccc1OC. The minimum absolute atomic E-state index is 0.154. The van der Waals surface area contributed by atoms with Crippen molar-refractivity contribution >= 4 is 27.6 Å². The van der Waals surface area contributed by atoms with Crippen LogP contribution in [0.4, 0.5) is 10.5 Å². The van der Waals surface area contributed by atoms with Gasteiger partial charge in [-0.25, -0.2) is 4.79 Å². The third-order valence-electron chi connectivity index (χ3n) is 2.22. The van der Waals surface area contributed by atoms with Crippen LogP contribution < -0.4 is 10.1 Å². The van der Waals surface area contributed by atoms with Gasteiger partial charge in [0.2, 0.25) is 0 Å². The van der Waals surface area contributed by atoms with Gasteiger partial charge in [0.1, 0.15) is 5.75 Å². The maximum Gasteiger partial charge on any atom is 0.321 e. The van der Waals surface area contributed by atoms with Crippen molar-refractivity contribution in [3.8, 4) is 5.75 Å². The van der Waals surface area contributed by atoms with Crippen molar-refractivity contribution in [3.63, 3.8) is 0 Å². The molecule has 0 heterocycles. The van der Waals surface area contributed by atoms with E-state index in [-0.39, 0.29) is 6.03 Å². The molecule has 0 aliphatic heterocycles. The Bertz CT molecular complexity index is 382. The maximum atomic E-state index is 11.7. The van der Waals surface area contributed by atoms with Gasteiger partial charge in [-0.05, 0) is 25.1 Å². The van der Waals surface area contributed by atoms with Crippen LogP contribution in [0.1, 0.15) is 6.92 Å². The number of amides is 2. The number of carbonyl (C=O) groups is 1. The Kier molecular flexibility index (Phi) is 4.61. The average Bonchev–Trinajstić information content (AvgIpc) is 2.28. The summed E-state index contributed by atoms with van der Waals surface area (Å²) in [4.78, 5) is 13.3. The van der Waals surface area contributed by atoms with Gasteiger partial charge < -0.3 is 15.0 Å². The largest absolute Gasteiger partial charge is 0.495 e. The van der Waals surface area contributed by atoms with Gasteiger partial charge in [-0.3, -0.25) is 0 Å². The van der Waals surface area contributed by atoms with E-state index in [1.807, 2.05) is 13.0 Å². The summed E-state index contributed by atoms with van der Waals surface area (Å²) < 4.78 is 6.05. The number of ether oxygens (including phenoxy) is 1. The van der Waals surface area contributed by atoms with Gasteiger partial charge in [0, 0.05) is 18.1 Å². The van der Waals surface area contributed by atoms with Gasteiger partial charge in [0.25, 0.3) is 0 Å². The molecule has 5 heteroatoms. The molecule has 1 N–H and O–H groups in total. The lowest BCUT2D eigenvalue weighted by atomic mass is 10.3. The van der Waals surface area contributed by atoms with Crippen molar-refractivity contribution < 1.29 is 9.53 Å². The van der Waals surface area contributed by atoms with Gasteiger partial charge in [-0.1, -0.05) is 15.9 Å². The summed E-state index contributed by atoms with van der Waals surface area (Å²) in [5.41, 5.74) is 0.655. The summed E-state index contributed by atoms with van der Waals surface area (Å²) >= 11 is 3.35. The molecule has 4 nitrogen and oxygen atoms in total. The van der Waals surface area contributed by atoms with Crippen LogP contribution in [-0.4, -0.2) is 31.6 Å². The molecule has 0 bridgehead atoms. The number of rotatable bonds is 3. The van der Waals surface area contributed by atoms with Crippen molar-refractivity contribution in [2.75, 3.05) is 26.0 Å². The second-order valence-corrected chi connectivity index (χ2v) is 4.20. The topological polar surface area (TPSA) is 41.6 Å². The molecule has 0 spiro atoms. The first-order valence-corrected chi connectivity index (χ1v) is 5.73. The Morgan fingerprint density at radius 2 is 2.25 bits per heavy atom. The number of hydrogen-bond acceptors (Lipinski definition) is 2. The first kappa shape index (κ1) is 12.8. The van der Waals surface area contributed by atoms with E-state index in [0.29, 0.717) is 18.0 Å². The van der Waals surface area contributed by atoms with E-state index in [2.05, 4.69) is 21.2 Å². The molecule has 0 aliphatic rings. The lowest BCUT2D eigenvalue weighted by Crippen LogP contribution is -2.31. The molecule has 0 unspecified atom stereocenters. The molecule has 1 aromatic rings. The van der Waals surface area contributed by atoms with E-state index in [1.165, 1.54) is 0 Å². The number of methoxy groups -OCH3 is 1. The van der Waals surface area contributed by atoms with Crippen molar-refractivity contribution in [1.82, 2.24) is 4.90 Å². The third-order valence-corrected chi connectivity index (χ3v) is 2.72. The monoisotopic (exact) mass is 286 g/mol. The highest BCUT2D eigenvalue weighted by Crippen LogP contribution is 2.27. The molecule has 0 fully saturated rings. The van der Waals surface area contributed by atoms with Gasteiger partial charge >= 0.3 is 6.03 Å². The number of benzene rings is 1. The van der Waals surface area contributed by atoms with Gasteiger partial charge in [-0.2, -0.15) is 0 Å². The third kappa shape index (κ3) is 3.13. The molecule has 16 heavy (non-hydrogen) atoms. The minimum atomic E-state index is -0.154. The zero-order valence-electron chi connectivity index (χ0n) is 9.58. The van der Waals surface area contributed by atoms with E-state index in [0.717, 1.165) is 4.47 Å². The first-order chi connectivity index (χ1) is 7.58. The smallest absolute Gasteiger partial charge is 0.321 e. The number of hydrogen-bond donors (Lipinski definition) is 1. The lowest BCUT2D eigenvalue weighted by molar-refractivity contribution is 0.224. The zero-order chi connectivity index (χ0) is 12.1. The lowest BCUT2D eigenvalue weighted by Gasteiger charge is -2.17. The van der Waals surface area contributed by atoms with Crippen LogP contribution in [0.15, 0.2) is 22.7 Å². The first-order valence-electron chi connectivity index (χ1n) is 4.94. The highest BCUT2D eigenvalue weighted by molar-refractivity contribution is 9.10. The van der Waals surface area contributed by atoms with Gasteiger partial charge in [-0.15, -0.1) is 0 Å². The van der Waals surface area contributed by atoms with Crippen LogP contribution in [0.3, 0.4) is 0 Å². The molecule has 0 radical (unpaired) electrons. The van der Waals surface area contributed by atoms with Crippen LogP contribution in [-0.2, 0) is 0 Å². The van der Waals surface area contributed by atoms with Crippen LogP contribution in [0.25, 0.3) is 0 Å². The summed E-state index contributed by atoms with van der Waals surface area (Å²) in [7, 11) is 3.31. The fourth-order valence-electron chi connectivity index (χ4n) is 1.13. The van der Waals surface area contributed by atoms with Crippen molar-refractivity contribution in [2.45, 2.75) is 6.92 Å². The highest BCUT2D eigenvalue weighted by Gasteiger charge is 2.10. The molecule has 1 aromatic carbocycles. The van der Waals surface area contributed by atoms with E-state index in [1.54, 1.807) is 31.2 Å². The maximum absolute atomic E-state index is 11.7. The molecular formula is C11H15BrN2O2. The number of carbonyl (C=O) groups excluding carboxylic acids is 1. The molecular weight excluding hydrogens is 272 g/mol. The van der Waals surface area contributed by atoms with Crippen LogP contribution in [0.5, 0.6) is 5.75 Å². The second kappa shape index (κ2) is 5.75. The molecule has 1 rings (SSSR count). The molecule has 0 saturated heterocycles. The molecule has 88 valence electrons. The fraction of sp³-hybridized carbons (Fsp3) is 0.364. The predicted molar refractivity (Wildman–Crippen MR) is 68.0 cm³/mol. The Hall–Kier alpha value is -1.23. The van der Waals surface area contributed by atoms with Crippen LogP contribution in [0, 0.1) is 0 Å². The minimum Gasteiger partial charge on any atom is -0.495 e. The predicted octanol–water partition coefficient (Wildman–Crippen LogP) is 2.94. The summed E-state index contributed by atoms with van der Waals surface area (Å²) in [6, 6.07) is 5.31. The molecule has 0 aromatic heterocycles. The normalized spacial score (nSPS) is 9.75. The number of nitrogens with zero attached hydrogens (tertiary/aromatic N) is 1. The van der Waals surface area contributed by atoms with E-state index in [4.69, 9.17) is 4.74 Å². The number of nitrogens with one attached hydrogen (secondary N) is 1. The highest BCUT2D eigenvalue weighted by atomic mass is 79.9. The Morgan fingerprint density at radius 3 is 2.81 bits per heavy atom. The zero-order valence-corrected chi connectivity index (χ0v) is 11.2. The molecule has 0 atom stereocenters. The number of urea groups is 1. The number of anilines is 1. The fourth-order valence-corrected chi connectivity index (χ4v) is 1.49.